The van der Waals surface area contributed by atoms with Crippen LogP contribution in [0.3, 0.4) is 0 Å². The van der Waals surface area contributed by atoms with E-state index in [2.05, 4.69) is 15.9 Å². The molecule has 178 valence electrons. The summed E-state index contributed by atoms with van der Waals surface area (Å²) in [6.07, 6.45) is 1.95. The van der Waals surface area contributed by atoms with Crippen molar-refractivity contribution in [2.24, 2.45) is 29.1 Å². The molecule has 3 unspecified atom stereocenters. The van der Waals surface area contributed by atoms with Gasteiger partial charge in [-0.25, -0.2) is 0 Å². The maximum atomic E-state index is 13.1. The number of ketones is 1. The van der Waals surface area contributed by atoms with Crippen LogP contribution >= 0.6 is 11.6 Å². The van der Waals surface area contributed by atoms with Crippen LogP contribution < -0.4 is 4.90 Å². The van der Waals surface area contributed by atoms with Crippen molar-refractivity contribution in [3.05, 3.63) is 29.3 Å². The van der Waals surface area contributed by atoms with Gasteiger partial charge in [0, 0.05) is 55.8 Å². The summed E-state index contributed by atoms with van der Waals surface area (Å²) in [5, 5.41) is 1.74. The van der Waals surface area contributed by atoms with Crippen molar-refractivity contribution in [1.82, 2.24) is 9.96 Å². The van der Waals surface area contributed by atoms with E-state index in [-0.39, 0.29) is 29.4 Å². The fourth-order valence-corrected chi connectivity index (χ4v) is 6.98. The molecular formula is C25H32ClN3O4. The number of anilines is 1. The molecular weight excluding hydrogens is 442 g/mol. The average molecular weight is 474 g/mol. The van der Waals surface area contributed by atoms with Crippen LogP contribution in [0.15, 0.2) is 24.3 Å². The highest BCUT2D eigenvalue weighted by Crippen LogP contribution is 2.60. The summed E-state index contributed by atoms with van der Waals surface area (Å²) in [5.41, 5.74) is 0.720. The van der Waals surface area contributed by atoms with Gasteiger partial charge in [0.1, 0.15) is 5.78 Å². The van der Waals surface area contributed by atoms with Crippen molar-refractivity contribution in [1.29, 1.82) is 0 Å². The van der Waals surface area contributed by atoms with Crippen molar-refractivity contribution in [3.8, 4) is 0 Å². The molecule has 7 nitrogen and oxygen atoms in total. The van der Waals surface area contributed by atoms with Crippen LogP contribution in [0.4, 0.5) is 5.69 Å². The van der Waals surface area contributed by atoms with Crippen LogP contribution in [-0.4, -0.2) is 66.9 Å². The summed E-state index contributed by atoms with van der Waals surface area (Å²) in [6, 6.07) is 7.93. The molecule has 5 fully saturated rings. The van der Waals surface area contributed by atoms with E-state index in [0.29, 0.717) is 13.0 Å². The van der Waals surface area contributed by atoms with E-state index in [1.807, 2.05) is 32.0 Å². The van der Waals surface area contributed by atoms with Crippen molar-refractivity contribution in [3.63, 3.8) is 0 Å². The lowest BCUT2D eigenvalue weighted by Gasteiger charge is -2.52. The molecule has 2 aliphatic heterocycles. The second-order valence-corrected chi connectivity index (χ2v) is 10.9. The van der Waals surface area contributed by atoms with Crippen molar-refractivity contribution in [2.45, 2.75) is 33.1 Å². The van der Waals surface area contributed by atoms with Gasteiger partial charge in [-0.1, -0.05) is 31.5 Å². The molecule has 2 amide bonds. The Morgan fingerprint density at radius 1 is 1.09 bits per heavy atom. The van der Waals surface area contributed by atoms with Crippen molar-refractivity contribution in [2.75, 3.05) is 44.2 Å². The summed E-state index contributed by atoms with van der Waals surface area (Å²) in [5.74, 6) is -1.56. The lowest BCUT2D eigenvalue weighted by molar-refractivity contribution is -0.190. The van der Waals surface area contributed by atoms with E-state index in [1.165, 1.54) is 0 Å². The fourth-order valence-electron chi connectivity index (χ4n) is 6.79. The Morgan fingerprint density at radius 3 is 2.55 bits per heavy atom. The molecule has 5 atom stereocenters. The zero-order valence-electron chi connectivity index (χ0n) is 19.3. The molecule has 8 heteroatoms. The van der Waals surface area contributed by atoms with Gasteiger partial charge in [0.15, 0.2) is 0 Å². The second kappa shape index (κ2) is 8.67. The molecule has 0 radical (unpaired) electrons. The van der Waals surface area contributed by atoms with Gasteiger partial charge in [0.25, 0.3) is 11.8 Å². The average Bonchev–Trinajstić information content (AvgIpc) is 3.02. The molecule has 1 aromatic rings. The Labute approximate surface area is 199 Å². The predicted molar refractivity (Wildman–Crippen MR) is 125 cm³/mol. The first-order valence-corrected chi connectivity index (χ1v) is 12.4. The first kappa shape index (κ1) is 22.8. The first-order valence-electron chi connectivity index (χ1n) is 12.0. The highest BCUT2D eigenvalue weighted by atomic mass is 35.5. The number of imide groups is 1. The highest BCUT2D eigenvalue weighted by molar-refractivity contribution is 6.30. The number of hydroxylamine groups is 2. The molecule has 6 rings (SSSR count). The number of hydrogen-bond donors (Lipinski definition) is 0. The number of Topliss-reactive ketones (excluding diaryl/α,β-unsaturated/α-hetero) is 1. The largest absolute Gasteiger partial charge is 0.369 e. The Hall–Kier alpha value is -1.96. The summed E-state index contributed by atoms with van der Waals surface area (Å²) < 4.78 is 0. The number of nitrogens with zero attached hydrogens (tertiary/aromatic N) is 3. The molecule has 2 heterocycles. The number of benzene rings is 1. The van der Waals surface area contributed by atoms with E-state index in [0.717, 1.165) is 61.3 Å². The van der Waals surface area contributed by atoms with Crippen LogP contribution in [0.1, 0.15) is 33.1 Å². The Kier molecular flexibility index (Phi) is 6.00. The molecule has 3 aliphatic carbocycles. The van der Waals surface area contributed by atoms with E-state index < -0.39 is 17.3 Å². The number of halogens is 1. The molecule has 2 bridgehead atoms. The summed E-state index contributed by atoms with van der Waals surface area (Å²) >= 11 is 6.11. The van der Waals surface area contributed by atoms with Gasteiger partial charge >= 0.3 is 0 Å². The van der Waals surface area contributed by atoms with Crippen LogP contribution in [0.25, 0.3) is 0 Å². The van der Waals surface area contributed by atoms with Crippen LogP contribution in [0.5, 0.6) is 0 Å². The van der Waals surface area contributed by atoms with Crippen LogP contribution in [-0.2, 0) is 19.2 Å². The minimum Gasteiger partial charge on any atom is -0.369 e. The van der Waals surface area contributed by atoms with Gasteiger partial charge < -0.3 is 4.90 Å². The zero-order chi connectivity index (χ0) is 23.3. The van der Waals surface area contributed by atoms with Gasteiger partial charge in [-0.05, 0) is 42.4 Å². The number of hydrogen-bond acceptors (Lipinski definition) is 6. The molecule has 1 aromatic carbocycles. The second-order valence-electron chi connectivity index (χ2n) is 10.5. The molecule has 3 saturated carbocycles. The number of rotatable bonds is 6. The van der Waals surface area contributed by atoms with Crippen LogP contribution in [0.2, 0.25) is 5.02 Å². The molecule has 33 heavy (non-hydrogen) atoms. The molecule has 0 spiro atoms. The fraction of sp³-hybridized carbons (Fsp3) is 0.640. The van der Waals surface area contributed by atoms with Crippen molar-refractivity contribution < 1.29 is 19.2 Å². The van der Waals surface area contributed by atoms with Gasteiger partial charge in [0.05, 0.1) is 18.4 Å². The number of piperazine rings is 1. The maximum Gasteiger partial charge on any atom is 0.258 e. The Morgan fingerprint density at radius 2 is 1.85 bits per heavy atom. The van der Waals surface area contributed by atoms with Gasteiger partial charge in [-0.2, -0.15) is 5.06 Å². The van der Waals surface area contributed by atoms with E-state index in [4.69, 9.17) is 16.4 Å². The predicted octanol–water partition coefficient (Wildman–Crippen LogP) is 3.02. The quantitative estimate of drug-likeness (QED) is 0.467. The number of amides is 2. The SMILES string of the molecule is CC1C[C@]2(C)CC(=O)[C@H]1C1C(=O)N(OCCCN3CCN(c4cccc(Cl)c4)CC3)C(=O)C12. The monoisotopic (exact) mass is 473 g/mol. The molecule has 2 saturated heterocycles. The van der Waals surface area contributed by atoms with E-state index in [1.54, 1.807) is 0 Å². The number of carbonyl (C=O) groups is 3. The van der Waals surface area contributed by atoms with Gasteiger partial charge in [0.2, 0.25) is 0 Å². The first-order chi connectivity index (χ1) is 15.8. The lowest BCUT2D eigenvalue weighted by Crippen LogP contribution is -2.56. The smallest absolute Gasteiger partial charge is 0.258 e. The van der Waals surface area contributed by atoms with Gasteiger partial charge in [-0.15, -0.1) is 0 Å². The third-order valence-electron chi connectivity index (χ3n) is 8.18. The molecule has 0 N–H and O–H groups in total. The molecule has 0 aromatic heterocycles. The Balaban J connectivity index is 1.11. The summed E-state index contributed by atoms with van der Waals surface area (Å²) in [6.45, 7) is 8.94. The minimum absolute atomic E-state index is 0.136. The van der Waals surface area contributed by atoms with E-state index >= 15 is 0 Å². The minimum atomic E-state index is -0.535. The van der Waals surface area contributed by atoms with Gasteiger partial charge in [-0.3, -0.25) is 24.1 Å². The summed E-state index contributed by atoms with van der Waals surface area (Å²) in [4.78, 5) is 49.2. The van der Waals surface area contributed by atoms with Crippen molar-refractivity contribution >= 4 is 34.9 Å². The lowest BCUT2D eigenvalue weighted by atomic mass is 9.48. The normalized spacial score (nSPS) is 34.3. The number of carbonyl (C=O) groups excluding carboxylic acids is 3. The van der Waals surface area contributed by atoms with Crippen LogP contribution in [0, 0.1) is 29.1 Å². The number of fused-ring (bicyclic) bond motifs is 2. The Bertz CT molecular complexity index is 963. The zero-order valence-corrected chi connectivity index (χ0v) is 20.1. The highest BCUT2D eigenvalue weighted by Gasteiger charge is 2.67. The topological polar surface area (TPSA) is 70.2 Å². The maximum absolute atomic E-state index is 13.1. The summed E-state index contributed by atoms with van der Waals surface area (Å²) in [7, 11) is 0. The van der Waals surface area contributed by atoms with E-state index in [9.17, 15) is 14.4 Å². The third kappa shape index (κ3) is 3.98. The third-order valence-corrected chi connectivity index (χ3v) is 8.42. The molecule has 5 aliphatic rings. The standard InChI is InChI=1S/C25H32ClN3O4/c1-16-14-25(2)15-19(30)20(16)21-22(25)24(32)29(23(21)31)33-12-4-7-27-8-10-28(11-9-27)18-6-3-5-17(26)13-18/h3,5-6,13,16,20-22H,4,7-12,14-15H2,1-2H3/t16?,20-,21?,22?,25+/m0/s1.